The number of nitrogens with zero attached hydrogens (tertiary/aromatic N) is 3. The number of urea groups is 1. The molecule has 0 saturated carbocycles. The van der Waals surface area contributed by atoms with Crippen LogP contribution in [0.2, 0.25) is 0 Å². The van der Waals surface area contributed by atoms with E-state index in [1.807, 2.05) is 17.5 Å². The molecule has 1 aromatic carbocycles. The van der Waals surface area contributed by atoms with Gasteiger partial charge in [-0.05, 0) is 23.6 Å². The smallest absolute Gasteiger partial charge is 0.336 e. The first-order chi connectivity index (χ1) is 13.3. The largest absolute Gasteiger partial charge is 0.418 e. The molecule has 0 aliphatic heterocycles. The summed E-state index contributed by atoms with van der Waals surface area (Å²) in [4.78, 5) is 25.0. The van der Waals surface area contributed by atoms with E-state index in [1.165, 1.54) is 38.8 Å². The Morgan fingerprint density at radius 3 is 2.64 bits per heavy atom. The zero-order valence-corrected chi connectivity index (χ0v) is 15.5. The third-order valence-corrected chi connectivity index (χ3v) is 4.74. The van der Waals surface area contributed by atoms with E-state index in [4.69, 9.17) is 0 Å². The number of anilines is 1. The van der Waals surface area contributed by atoms with Crippen LogP contribution in [0.15, 0.2) is 46.6 Å². The number of thiophene rings is 1. The molecule has 0 saturated heterocycles. The number of carbonyl (C=O) groups is 1. The molecule has 0 bridgehead atoms. The molecule has 0 unspecified atom stereocenters. The van der Waals surface area contributed by atoms with E-state index in [0.717, 1.165) is 10.9 Å². The highest BCUT2D eigenvalue weighted by atomic mass is 32.1. The van der Waals surface area contributed by atoms with Crippen molar-refractivity contribution in [1.82, 2.24) is 19.7 Å². The number of rotatable bonds is 5. The molecule has 0 atom stereocenters. The van der Waals surface area contributed by atoms with Gasteiger partial charge in [-0.15, -0.1) is 16.4 Å². The van der Waals surface area contributed by atoms with Crippen LogP contribution >= 0.6 is 11.3 Å². The molecule has 2 heterocycles. The number of alkyl halides is 3. The van der Waals surface area contributed by atoms with Gasteiger partial charge >= 0.3 is 17.9 Å². The first-order valence-electron chi connectivity index (χ1n) is 8.16. The molecule has 148 valence electrons. The zero-order valence-electron chi connectivity index (χ0n) is 14.7. The van der Waals surface area contributed by atoms with Crippen LogP contribution in [0.1, 0.15) is 5.56 Å². The fraction of sp³-hybridized carbons (Fsp3) is 0.235. The van der Waals surface area contributed by atoms with E-state index in [1.54, 1.807) is 7.05 Å². The molecule has 2 N–H and O–H groups in total. The number of nitrogens with one attached hydrogen (secondary N) is 2. The van der Waals surface area contributed by atoms with Gasteiger partial charge in [0, 0.05) is 13.6 Å². The second-order valence-corrected chi connectivity index (χ2v) is 6.74. The summed E-state index contributed by atoms with van der Waals surface area (Å²) in [5.41, 5.74) is -1.64. The van der Waals surface area contributed by atoms with Crippen molar-refractivity contribution in [3.05, 3.63) is 57.8 Å². The minimum atomic E-state index is -4.58. The topological polar surface area (TPSA) is 81.0 Å². The van der Waals surface area contributed by atoms with E-state index in [9.17, 15) is 22.8 Å². The Hall–Kier alpha value is -3.08. The van der Waals surface area contributed by atoms with Crippen molar-refractivity contribution in [1.29, 1.82) is 0 Å². The lowest BCUT2D eigenvalue weighted by atomic mass is 10.1. The van der Waals surface area contributed by atoms with Gasteiger partial charge < -0.3 is 10.6 Å². The Bertz CT molecular complexity index is 1020. The second kappa shape index (κ2) is 7.89. The Labute approximate surface area is 161 Å². The fourth-order valence-corrected chi connectivity index (χ4v) is 3.28. The first kappa shape index (κ1) is 19.7. The summed E-state index contributed by atoms with van der Waals surface area (Å²) < 4.78 is 41.4. The van der Waals surface area contributed by atoms with E-state index >= 15 is 0 Å². The fourth-order valence-electron chi connectivity index (χ4n) is 2.54. The van der Waals surface area contributed by atoms with Crippen LogP contribution in [0, 0.1) is 0 Å². The van der Waals surface area contributed by atoms with E-state index in [0.29, 0.717) is 5.82 Å². The Kier molecular flexibility index (Phi) is 5.54. The van der Waals surface area contributed by atoms with E-state index in [-0.39, 0.29) is 24.5 Å². The van der Waals surface area contributed by atoms with E-state index in [2.05, 4.69) is 15.7 Å². The van der Waals surface area contributed by atoms with Crippen molar-refractivity contribution in [2.75, 3.05) is 11.9 Å². The molecule has 0 aliphatic rings. The van der Waals surface area contributed by atoms with Gasteiger partial charge in [0.05, 0.1) is 22.7 Å². The molecule has 2 amide bonds. The highest BCUT2D eigenvalue weighted by Gasteiger charge is 2.33. The summed E-state index contributed by atoms with van der Waals surface area (Å²) in [5, 5.41) is 10.7. The SMILES string of the molecule is Cn1c(-c2cccs2)nn(CCNC(=O)Nc2ccccc2C(F)(F)F)c1=O. The third-order valence-electron chi connectivity index (χ3n) is 3.87. The minimum Gasteiger partial charge on any atom is -0.336 e. The van der Waals surface area contributed by atoms with Crippen molar-refractivity contribution < 1.29 is 18.0 Å². The molecule has 0 spiro atoms. The number of hydrogen-bond acceptors (Lipinski definition) is 4. The number of halogens is 3. The number of aromatic nitrogens is 3. The average molecular weight is 411 g/mol. The maximum Gasteiger partial charge on any atom is 0.418 e. The van der Waals surface area contributed by atoms with Gasteiger partial charge in [-0.2, -0.15) is 13.2 Å². The minimum absolute atomic E-state index is 0.0147. The van der Waals surface area contributed by atoms with Crippen LogP contribution in [-0.4, -0.2) is 26.9 Å². The lowest BCUT2D eigenvalue weighted by Gasteiger charge is -2.13. The first-order valence-corrected chi connectivity index (χ1v) is 9.04. The number of carbonyl (C=O) groups excluding carboxylic acids is 1. The maximum absolute atomic E-state index is 13.0. The maximum atomic E-state index is 13.0. The summed E-state index contributed by atoms with van der Waals surface area (Å²) in [5.74, 6) is 0.503. The van der Waals surface area contributed by atoms with Crippen LogP contribution in [0.5, 0.6) is 0 Å². The van der Waals surface area contributed by atoms with Crippen molar-refractivity contribution in [3.63, 3.8) is 0 Å². The standard InChI is InChI=1S/C17H16F3N5O2S/c1-24-14(13-7-4-10-28-13)23-25(16(24)27)9-8-21-15(26)22-12-6-3-2-5-11(12)17(18,19)20/h2-7,10H,8-9H2,1H3,(H2,21,22,26). The van der Waals surface area contributed by atoms with Gasteiger partial charge in [0.1, 0.15) is 0 Å². The second-order valence-electron chi connectivity index (χ2n) is 5.79. The summed E-state index contributed by atoms with van der Waals surface area (Å²) in [6.07, 6.45) is -4.58. The van der Waals surface area contributed by atoms with Crippen molar-refractivity contribution >= 4 is 23.1 Å². The van der Waals surface area contributed by atoms with Crippen LogP contribution in [0.4, 0.5) is 23.7 Å². The highest BCUT2D eigenvalue weighted by Crippen LogP contribution is 2.34. The number of amides is 2. The molecule has 3 rings (SSSR count). The Morgan fingerprint density at radius 2 is 1.96 bits per heavy atom. The van der Waals surface area contributed by atoms with E-state index < -0.39 is 17.8 Å². The predicted molar refractivity (Wildman–Crippen MR) is 99.2 cm³/mol. The molecule has 3 aromatic rings. The molecule has 2 aromatic heterocycles. The van der Waals surface area contributed by atoms with Gasteiger partial charge in [-0.1, -0.05) is 18.2 Å². The van der Waals surface area contributed by atoms with Crippen molar-refractivity contribution in [3.8, 4) is 10.7 Å². The lowest BCUT2D eigenvalue weighted by Crippen LogP contribution is -2.34. The molecule has 0 aliphatic carbocycles. The van der Waals surface area contributed by atoms with Crippen LogP contribution in [0.3, 0.4) is 0 Å². The third kappa shape index (κ3) is 4.25. The molecule has 7 nitrogen and oxygen atoms in total. The summed E-state index contributed by atoms with van der Waals surface area (Å²) >= 11 is 1.44. The molecule has 28 heavy (non-hydrogen) atoms. The molecule has 0 radical (unpaired) electrons. The number of hydrogen-bond donors (Lipinski definition) is 2. The molecule has 11 heteroatoms. The van der Waals surface area contributed by atoms with Crippen LogP contribution < -0.4 is 16.3 Å². The zero-order chi connectivity index (χ0) is 20.3. The quantitative estimate of drug-likeness (QED) is 0.677. The Balaban J connectivity index is 1.62. The molecular weight excluding hydrogens is 395 g/mol. The lowest BCUT2D eigenvalue weighted by molar-refractivity contribution is -0.136. The number of para-hydroxylation sites is 1. The predicted octanol–water partition coefficient (Wildman–Crippen LogP) is 3.15. The molecule has 0 fully saturated rings. The summed E-state index contributed by atoms with van der Waals surface area (Å²) in [6, 6.07) is 7.55. The van der Waals surface area contributed by atoms with Crippen LogP contribution in [-0.2, 0) is 19.8 Å². The average Bonchev–Trinajstić information content (AvgIpc) is 3.25. The van der Waals surface area contributed by atoms with Crippen molar-refractivity contribution in [2.24, 2.45) is 7.05 Å². The van der Waals surface area contributed by atoms with Crippen LogP contribution in [0.25, 0.3) is 10.7 Å². The van der Waals surface area contributed by atoms with Gasteiger partial charge in [-0.25, -0.2) is 14.3 Å². The number of benzene rings is 1. The summed E-state index contributed by atoms with van der Waals surface area (Å²) in [7, 11) is 1.59. The van der Waals surface area contributed by atoms with Gasteiger partial charge in [0.15, 0.2) is 5.82 Å². The summed E-state index contributed by atoms with van der Waals surface area (Å²) in [6.45, 7) is 0.0905. The van der Waals surface area contributed by atoms with Crippen molar-refractivity contribution in [2.45, 2.75) is 12.7 Å². The highest BCUT2D eigenvalue weighted by molar-refractivity contribution is 7.13. The van der Waals surface area contributed by atoms with Gasteiger partial charge in [0.2, 0.25) is 0 Å². The monoisotopic (exact) mass is 411 g/mol. The normalized spacial score (nSPS) is 11.4. The Morgan fingerprint density at radius 1 is 1.21 bits per heavy atom. The van der Waals surface area contributed by atoms with Gasteiger partial charge in [-0.3, -0.25) is 4.57 Å². The van der Waals surface area contributed by atoms with Gasteiger partial charge in [0.25, 0.3) is 0 Å². The molecular formula is C17H16F3N5O2S.